The van der Waals surface area contributed by atoms with Crippen LogP contribution in [0, 0.1) is 0 Å². The normalized spacial score (nSPS) is 15.5. The lowest BCUT2D eigenvalue weighted by Crippen LogP contribution is -2.31. The number of carbonyl (C=O) groups excluding carboxylic acids is 1. The molecule has 1 fully saturated rings. The molecule has 1 aliphatic rings. The first kappa shape index (κ1) is 14.4. The highest BCUT2D eigenvalue weighted by Crippen LogP contribution is 2.08. The van der Waals surface area contributed by atoms with E-state index in [2.05, 4.69) is 5.32 Å². The number of likely N-dealkylation sites (tertiary alicyclic amines) is 1. The summed E-state index contributed by atoms with van der Waals surface area (Å²) in [6.45, 7) is 5.34. The van der Waals surface area contributed by atoms with E-state index in [-0.39, 0.29) is 5.91 Å². The molecule has 100 valence electrons. The maximum atomic E-state index is 11.7. The molecule has 0 aromatic carbocycles. The summed E-state index contributed by atoms with van der Waals surface area (Å²) >= 11 is 0. The van der Waals surface area contributed by atoms with Crippen LogP contribution in [0.3, 0.4) is 0 Å². The molecule has 0 bridgehead atoms. The van der Waals surface area contributed by atoms with E-state index in [0.29, 0.717) is 26.2 Å². The Hall–Kier alpha value is -0.650. The average molecular weight is 244 g/mol. The van der Waals surface area contributed by atoms with E-state index >= 15 is 0 Å². The monoisotopic (exact) mass is 244 g/mol. The average Bonchev–Trinajstić information content (AvgIpc) is 2.86. The molecule has 1 N–H and O–H groups in total. The first-order valence-corrected chi connectivity index (χ1v) is 6.40. The second-order valence-corrected chi connectivity index (χ2v) is 4.19. The van der Waals surface area contributed by atoms with Crippen molar-refractivity contribution in [1.29, 1.82) is 0 Å². The van der Waals surface area contributed by atoms with Crippen LogP contribution in [0.5, 0.6) is 0 Å². The smallest absolute Gasteiger partial charge is 0.223 e. The van der Waals surface area contributed by atoms with E-state index in [0.717, 1.165) is 39.0 Å². The van der Waals surface area contributed by atoms with Crippen LogP contribution in [0.2, 0.25) is 0 Å². The Kier molecular flexibility index (Phi) is 7.96. The van der Waals surface area contributed by atoms with Gasteiger partial charge in [0.15, 0.2) is 0 Å². The lowest BCUT2D eigenvalue weighted by atomic mass is 10.3. The zero-order valence-electron chi connectivity index (χ0n) is 10.7. The minimum absolute atomic E-state index is 0.273. The van der Waals surface area contributed by atoms with Crippen LogP contribution < -0.4 is 5.32 Å². The Morgan fingerprint density at radius 2 is 1.94 bits per heavy atom. The molecule has 0 aromatic heterocycles. The number of ether oxygens (including phenoxy) is 2. The Labute approximate surface area is 103 Å². The molecule has 1 heterocycles. The fraction of sp³-hybridized carbons (Fsp3) is 0.917. The van der Waals surface area contributed by atoms with Crippen LogP contribution in [0.25, 0.3) is 0 Å². The highest BCUT2D eigenvalue weighted by Gasteiger charge is 2.16. The third-order valence-electron chi connectivity index (χ3n) is 2.83. The van der Waals surface area contributed by atoms with Crippen LogP contribution >= 0.6 is 0 Å². The minimum Gasteiger partial charge on any atom is -0.382 e. The van der Waals surface area contributed by atoms with Gasteiger partial charge in [0, 0.05) is 39.7 Å². The summed E-state index contributed by atoms with van der Waals surface area (Å²) in [6.07, 6.45) is 2.91. The summed E-state index contributed by atoms with van der Waals surface area (Å²) in [5.41, 5.74) is 0. The van der Waals surface area contributed by atoms with Gasteiger partial charge in [-0.05, 0) is 12.8 Å². The summed E-state index contributed by atoms with van der Waals surface area (Å²) in [5, 5.41) is 3.20. The van der Waals surface area contributed by atoms with Gasteiger partial charge >= 0.3 is 0 Å². The Balaban J connectivity index is 1.85. The number of hydrogen-bond donors (Lipinski definition) is 1. The lowest BCUT2D eigenvalue weighted by molar-refractivity contribution is -0.130. The van der Waals surface area contributed by atoms with Gasteiger partial charge < -0.3 is 19.7 Å². The summed E-state index contributed by atoms with van der Waals surface area (Å²) in [5.74, 6) is 0.273. The number of nitrogens with zero attached hydrogens (tertiary/aromatic N) is 1. The number of hydrogen-bond acceptors (Lipinski definition) is 4. The summed E-state index contributed by atoms with van der Waals surface area (Å²) in [4.78, 5) is 13.6. The zero-order valence-corrected chi connectivity index (χ0v) is 10.7. The van der Waals surface area contributed by atoms with Crippen molar-refractivity contribution in [3.63, 3.8) is 0 Å². The van der Waals surface area contributed by atoms with Crippen molar-refractivity contribution in [3.8, 4) is 0 Å². The molecule has 1 amide bonds. The summed E-state index contributed by atoms with van der Waals surface area (Å²) in [6, 6.07) is 0. The van der Waals surface area contributed by atoms with Gasteiger partial charge in [-0.15, -0.1) is 0 Å². The molecule has 17 heavy (non-hydrogen) atoms. The fourth-order valence-corrected chi connectivity index (χ4v) is 1.83. The molecule has 1 saturated heterocycles. The number of carbonyl (C=O) groups is 1. The molecule has 5 heteroatoms. The van der Waals surface area contributed by atoms with E-state index in [1.54, 1.807) is 7.11 Å². The van der Waals surface area contributed by atoms with Crippen molar-refractivity contribution >= 4 is 5.91 Å². The molecule has 5 nitrogen and oxygen atoms in total. The van der Waals surface area contributed by atoms with E-state index in [9.17, 15) is 4.79 Å². The second-order valence-electron chi connectivity index (χ2n) is 4.19. The van der Waals surface area contributed by atoms with Crippen molar-refractivity contribution in [1.82, 2.24) is 10.2 Å². The highest BCUT2D eigenvalue weighted by molar-refractivity contribution is 5.76. The van der Waals surface area contributed by atoms with Crippen molar-refractivity contribution in [2.75, 3.05) is 53.1 Å². The largest absolute Gasteiger partial charge is 0.382 e. The maximum absolute atomic E-state index is 11.7. The first-order valence-electron chi connectivity index (χ1n) is 6.40. The Morgan fingerprint density at radius 1 is 1.18 bits per heavy atom. The Bertz CT molecular complexity index is 206. The summed E-state index contributed by atoms with van der Waals surface area (Å²) in [7, 11) is 1.66. The predicted molar refractivity (Wildman–Crippen MR) is 66.0 cm³/mol. The first-order chi connectivity index (χ1) is 8.34. The van der Waals surface area contributed by atoms with Gasteiger partial charge in [0.05, 0.1) is 19.8 Å². The fourth-order valence-electron chi connectivity index (χ4n) is 1.83. The Morgan fingerprint density at radius 3 is 2.65 bits per heavy atom. The molecule has 0 atom stereocenters. The maximum Gasteiger partial charge on any atom is 0.223 e. The molecular weight excluding hydrogens is 220 g/mol. The van der Waals surface area contributed by atoms with Crippen LogP contribution in [-0.4, -0.2) is 63.9 Å². The molecule has 0 saturated carbocycles. The van der Waals surface area contributed by atoms with Gasteiger partial charge in [-0.2, -0.15) is 0 Å². The molecule has 0 unspecified atom stereocenters. The van der Waals surface area contributed by atoms with Gasteiger partial charge in [0.1, 0.15) is 0 Å². The van der Waals surface area contributed by atoms with Gasteiger partial charge in [0.25, 0.3) is 0 Å². The second kappa shape index (κ2) is 9.39. The standard InChI is InChI=1S/C12H24N2O3/c1-16-10-11-17-9-6-13-5-4-12(15)14-7-2-3-8-14/h13H,2-11H2,1H3. The van der Waals surface area contributed by atoms with E-state index < -0.39 is 0 Å². The van der Waals surface area contributed by atoms with Crippen molar-refractivity contribution in [2.45, 2.75) is 19.3 Å². The highest BCUT2D eigenvalue weighted by atomic mass is 16.5. The number of nitrogens with one attached hydrogen (secondary N) is 1. The van der Waals surface area contributed by atoms with Crippen LogP contribution in [-0.2, 0) is 14.3 Å². The summed E-state index contributed by atoms with van der Waals surface area (Å²) < 4.78 is 10.2. The van der Waals surface area contributed by atoms with Gasteiger partial charge in [-0.25, -0.2) is 0 Å². The van der Waals surface area contributed by atoms with Crippen LogP contribution in [0.4, 0.5) is 0 Å². The van der Waals surface area contributed by atoms with E-state index in [1.807, 2.05) is 4.90 Å². The van der Waals surface area contributed by atoms with Gasteiger partial charge in [-0.3, -0.25) is 4.79 Å². The van der Waals surface area contributed by atoms with E-state index in [4.69, 9.17) is 9.47 Å². The third-order valence-corrected chi connectivity index (χ3v) is 2.83. The van der Waals surface area contributed by atoms with Crippen molar-refractivity contribution in [3.05, 3.63) is 0 Å². The molecule has 0 radical (unpaired) electrons. The number of methoxy groups -OCH3 is 1. The van der Waals surface area contributed by atoms with Crippen LogP contribution in [0.15, 0.2) is 0 Å². The van der Waals surface area contributed by atoms with Crippen LogP contribution in [0.1, 0.15) is 19.3 Å². The molecule has 0 spiro atoms. The van der Waals surface area contributed by atoms with Gasteiger partial charge in [0.2, 0.25) is 5.91 Å². The van der Waals surface area contributed by atoms with Gasteiger partial charge in [-0.1, -0.05) is 0 Å². The molecular formula is C12H24N2O3. The van der Waals surface area contributed by atoms with E-state index in [1.165, 1.54) is 0 Å². The third kappa shape index (κ3) is 6.61. The lowest BCUT2D eigenvalue weighted by Gasteiger charge is -2.15. The minimum atomic E-state index is 0.273. The molecule has 1 rings (SSSR count). The quantitative estimate of drug-likeness (QED) is 0.591. The SMILES string of the molecule is COCCOCCNCCC(=O)N1CCCC1. The molecule has 1 aliphatic heterocycles. The van der Waals surface area contributed by atoms with Crippen molar-refractivity contribution < 1.29 is 14.3 Å². The molecule has 0 aliphatic carbocycles. The molecule has 0 aromatic rings. The topological polar surface area (TPSA) is 50.8 Å². The number of amides is 1. The number of rotatable bonds is 9. The predicted octanol–water partition coefficient (Wildman–Crippen LogP) is 0.252. The van der Waals surface area contributed by atoms with Crippen molar-refractivity contribution in [2.24, 2.45) is 0 Å². The zero-order chi connectivity index (χ0) is 12.3.